The first-order valence-corrected chi connectivity index (χ1v) is 10.0. The lowest BCUT2D eigenvalue weighted by atomic mass is 9.95. The summed E-state index contributed by atoms with van der Waals surface area (Å²) in [6.45, 7) is 1.72. The Labute approximate surface area is 170 Å². The third-order valence-corrected chi connectivity index (χ3v) is 5.34. The Kier molecular flexibility index (Phi) is 7.22. The van der Waals surface area contributed by atoms with E-state index in [4.69, 9.17) is 4.74 Å². The molecule has 1 heterocycles. The number of ether oxygens (including phenoxy) is 1. The molecule has 3 rings (SSSR count). The molecule has 0 saturated carbocycles. The predicted octanol–water partition coefficient (Wildman–Crippen LogP) is 3.44. The van der Waals surface area contributed by atoms with E-state index in [2.05, 4.69) is 5.32 Å². The normalized spacial score (nSPS) is 14.5. The van der Waals surface area contributed by atoms with Crippen molar-refractivity contribution < 1.29 is 18.7 Å². The lowest BCUT2D eigenvalue weighted by Gasteiger charge is -2.31. The van der Waals surface area contributed by atoms with Crippen LogP contribution in [-0.4, -0.2) is 43.5 Å². The highest BCUT2D eigenvalue weighted by Crippen LogP contribution is 2.19. The van der Waals surface area contributed by atoms with Gasteiger partial charge in [-0.2, -0.15) is 0 Å². The zero-order chi connectivity index (χ0) is 20.6. The summed E-state index contributed by atoms with van der Waals surface area (Å²) in [6, 6.07) is 13.5. The largest absolute Gasteiger partial charge is 0.497 e. The third kappa shape index (κ3) is 5.79. The molecular weight excluding hydrogens is 371 g/mol. The minimum Gasteiger partial charge on any atom is -0.497 e. The highest BCUT2D eigenvalue weighted by Gasteiger charge is 2.27. The van der Waals surface area contributed by atoms with E-state index in [1.165, 1.54) is 29.8 Å². The third-order valence-electron chi connectivity index (χ3n) is 5.34. The van der Waals surface area contributed by atoms with Gasteiger partial charge in [-0.25, -0.2) is 4.39 Å². The smallest absolute Gasteiger partial charge is 0.253 e. The van der Waals surface area contributed by atoms with Crippen molar-refractivity contribution in [2.24, 2.45) is 5.92 Å². The molecule has 2 aromatic carbocycles. The second-order valence-electron chi connectivity index (χ2n) is 7.32. The van der Waals surface area contributed by atoms with Gasteiger partial charge in [-0.15, -0.1) is 0 Å². The van der Waals surface area contributed by atoms with Crippen LogP contribution in [-0.2, 0) is 11.2 Å². The average Bonchev–Trinajstić information content (AvgIpc) is 2.77. The van der Waals surface area contributed by atoms with Crippen LogP contribution in [0.5, 0.6) is 5.75 Å². The number of amides is 2. The van der Waals surface area contributed by atoms with E-state index in [-0.39, 0.29) is 23.5 Å². The van der Waals surface area contributed by atoms with Crippen LogP contribution < -0.4 is 10.1 Å². The molecule has 1 saturated heterocycles. The number of halogens is 1. The molecule has 0 bridgehead atoms. The van der Waals surface area contributed by atoms with Gasteiger partial charge in [0.05, 0.1) is 7.11 Å². The maximum atomic E-state index is 13.0. The van der Waals surface area contributed by atoms with E-state index >= 15 is 0 Å². The minimum absolute atomic E-state index is 0.0618. The summed E-state index contributed by atoms with van der Waals surface area (Å²) in [6.07, 6.45) is 3.07. The Balaban J connectivity index is 1.37. The summed E-state index contributed by atoms with van der Waals surface area (Å²) in [7, 11) is 1.65. The number of carbonyl (C=O) groups excluding carboxylic acids is 2. The predicted molar refractivity (Wildman–Crippen MR) is 109 cm³/mol. The summed E-state index contributed by atoms with van der Waals surface area (Å²) in [5.41, 5.74) is 1.69. The van der Waals surface area contributed by atoms with Crippen molar-refractivity contribution >= 4 is 11.8 Å². The fourth-order valence-corrected chi connectivity index (χ4v) is 3.56. The maximum absolute atomic E-state index is 13.0. The Morgan fingerprint density at radius 2 is 1.72 bits per heavy atom. The van der Waals surface area contributed by atoms with Crippen LogP contribution in [0.2, 0.25) is 0 Å². The molecule has 1 N–H and O–H groups in total. The highest BCUT2D eigenvalue weighted by atomic mass is 19.1. The number of rotatable bonds is 7. The monoisotopic (exact) mass is 398 g/mol. The fraction of sp³-hybridized carbons (Fsp3) is 0.391. The second-order valence-corrected chi connectivity index (χ2v) is 7.32. The number of hydrogen-bond acceptors (Lipinski definition) is 3. The Bertz CT molecular complexity index is 813. The minimum atomic E-state index is -0.357. The zero-order valence-corrected chi connectivity index (χ0v) is 16.7. The summed E-state index contributed by atoms with van der Waals surface area (Å²) >= 11 is 0. The SMILES string of the molecule is COc1ccc(CCCNC(=O)C2CCN(C(=O)c3ccc(F)cc3)CC2)cc1. The lowest BCUT2D eigenvalue weighted by molar-refractivity contribution is -0.126. The zero-order valence-electron chi connectivity index (χ0n) is 16.7. The van der Waals surface area contributed by atoms with Gasteiger partial charge in [0, 0.05) is 31.1 Å². The van der Waals surface area contributed by atoms with Crippen molar-refractivity contribution in [3.05, 3.63) is 65.5 Å². The van der Waals surface area contributed by atoms with Gasteiger partial charge in [0.15, 0.2) is 0 Å². The van der Waals surface area contributed by atoms with Crippen LogP contribution in [0.1, 0.15) is 35.2 Å². The number of nitrogens with one attached hydrogen (secondary N) is 1. The Hall–Kier alpha value is -2.89. The molecule has 1 fully saturated rings. The number of piperidine rings is 1. The number of hydrogen-bond donors (Lipinski definition) is 1. The maximum Gasteiger partial charge on any atom is 0.253 e. The number of aryl methyl sites for hydroxylation is 1. The van der Waals surface area contributed by atoms with Crippen molar-refractivity contribution in [2.45, 2.75) is 25.7 Å². The topological polar surface area (TPSA) is 58.6 Å². The molecule has 2 amide bonds. The van der Waals surface area contributed by atoms with Crippen LogP contribution in [0, 0.1) is 11.7 Å². The van der Waals surface area contributed by atoms with Crippen LogP contribution >= 0.6 is 0 Å². The average molecular weight is 398 g/mol. The van der Waals surface area contributed by atoms with Gasteiger partial charge < -0.3 is 15.0 Å². The molecule has 1 aliphatic heterocycles. The van der Waals surface area contributed by atoms with Gasteiger partial charge in [-0.3, -0.25) is 9.59 Å². The van der Waals surface area contributed by atoms with Gasteiger partial charge in [0.2, 0.25) is 5.91 Å². The van der Waals surface area contributed by atoms with Gasteiger partial charge >= 0.3 is 0 Å². The van der Waals surface area contributed by atoms with Crippen molar-refractivity contribution in [3.8, 4) is 5.75 Å². The summed E-state index contributed by atoms with van der Waals surface area (Å²) < 4.78 is 18.2. The van der Waals surface area contributed by atoms with Crippen molar-refractivity contribution in [1.82, 2.24) is 10.2 Å². The fourth-order valence-electron chi connectivity index (χ4n) is 3.56. The van der Waals surface area contributed by atoms with Crippen molar-refractivity contribution in [2.75, 3.05) is 26.7 Å². The van der Waals surface area contributed by atoms with Crippen molar-refractivity contribution in [3.63, 3.8) is 0 Å². The molecule has 2 aromatic rings. The van der Waals surface area contributed by atoms with Gasteiger partial charge in [0.1, 0.15) is 11.6 Å². The standard InChI is InChI=1S/C23H27FN2O3/c1-29-21-10-4-17(5-11-21)3-2-14-25-22(27)18-12-15-26(16-13-18)23(28)19-6-8-20(24)9-7-19/h4-11,18H,2-3,12-16H2,1H3,(H,25,27). The first kappa shape index (κ1) is 20.8. The van der Waals surface area contributed by atoms with E-state index < -0.39 is 0 Å². The van der Waals surface area contributed by atoms with Gasteiger partial charge in [-0.1, -0.05) is 12.1 Å². The highest BCUT2D eigenvalue weighted by molar-refractivity contribution is 5.94. The number of carbonyl (C=O) groups is 2. The molecule has 5 nitrogen and oxygen atoms in total. The quantitative estimate of drug-likeness (QED) is 0.727. The first-order chi connectivity index (χ1) is 14.1. The van der Waals surface area contributed by atoms with E-state index in [0.29, 0.717) is 38.0 Å². The van der Waals surface area contributed by atoms with Crippen molar-refractivity contribution in [1.29, 1.82) is 0 Å². The van der Waals surface area contributed by atoms with Gasteiger partial charge in [-0.05, 0) is 67.6 Å². The van der Waals surface area contributed by atoms with Crippen LogP contribution in [0.15, 0.2) is 48.5 Å². The van der Waals surface area contributed by atoms with E-state index in [1.54, 1.807) is 12.0 Å². The molecule has 0 radical (unpaired) electrons. The Morgan fingerprint density at radius 1 is 1.07 bits per heavy atom. The molecule has 154 valence electrons. The lowest BCUT2D eigenvalue weighted by Crippen LogP contribution is -2.43. The second kappa shape index (κ2) is 10.0. The molecule has 0 aromatic heterocycles. The number of benzene rings is 2. The number of methoxy groups -OCH3 is 1. The van der Waals surface area contributed by atoms with Crippen LogP contribution in [0.4, 0.5) is 4.39 Å². The first-order valence-electron chi connectivity index (χ1n) is 10.0. The molecule has 0 atom stereocenters. The Morgan fingerprint density at radius 3 is 2.34 bits per heavy atom. The van der Waals surface area contributed by atoms with E-state index in [0.717, 1.165) is 18.6 Å². The molecule has 6 heteroatoms. The van der Waals surface area contributed by atoms with E-state index in [9.17, 15) is 14.0 Å². The molecule has 1 aliphatic rings. The van der Waals surface area contributed by atoms with E-state index in [1.807, 2.05) is 24.3 Å². The molecule has 0 unspecified atom stereocenters. The summed E-state index contributed by atoms with van der Waals surface area (Å²) in [5.74, 6) is 0.375. The molecular formula is C23H27FN2O3. The summed E-state index contributed by atoms with van der Waals surface area (Å²) in [4.78, 5) is 26.6. The molecule has 0 spiro atoms. The molecule has 29 heavy (non-hydrogen) atoms. The van der Waals surface area contributed by atoms with Gasteiger partial charge in [0.25, 0.3) is 5.91 Å². The molecule has 0 aliphatic carbocycles. The summed E-state index contributed by atoms with van der Waals surface area (Å²) in [5, 5.41) is 3.02. The number of likely N-dealkylation sites (tertiary alicyclic amines) is 1. The van der Waals surface area contributed by atoms with Crippen LogP contribution in [0.3, 0.4) is 0 Å². The van der Waals surface area contributed by atoms with Crippen LogP contribution in [0.25, 0.3) is 0 Å². The number of nitrogens with zero attached hydrogens (tertiary/aromatic N) is 1.